The van der Waals surface area contributed by atoms with Gasteiger partial charge < -0.3 is 15.2 Å². The van der Waals surface area contributed by atoms with Gasteiger partial charge in [-0.1, -0.05) is 6.07 Å². The molecule has 1 atom stereocenters. The maximum absolute atomic E-state index is 6.23. The van der Waals surface area contributed by atoms with E-state index in [1.165, 1.54) is 0 Å². The molecular weight excluding hydrogens is 254 g/mol. The number of nitrogens with two attached hydrogens (primary N) is 1. The highest BCUT2D eigenvalue weighted by Crippen LogP contribution is 2.29. The Hall–Kier alpha value is -2.01. The summed E-state index contributed by atoms with van der Waals surface area (Å²) in [4.78, 5) is 0. The Morgan fingerprint density at radius 1 is 1.25 bits per heavy atom. The summed E-state index contributed by atoms with van der Waals surface area (Å²) in [6.45, 7) is 2.90. The van der Waals surface area contributed by atoms with Gasteiger partial charge in [0.05, 0.1) is 20.4 Å². The summed E-state index contributed by atoms with van der Waals surface area (Å²) < 4.78 is 12.4. The van der Waals surface area contributed by atoms with E-state index in [9.17, 15) is 0 Å². The Bertz CT molecular complexity index is 566. The minimum Gasteiger partial charge on any atom is -0.493 e. The van der Waals surface area contributed by atoms with Gasteiger partial charge in [-0.15, -0.1) is 0 Å². The Kier molecular flexibility index (Phi) is 4.63. The second-order valence-electron chi connectivity index (χ2n) is 4.63. The zero-order chi connectivity index (χ0) is 14.5. The van der Waals surface area contributed by atoms with Crippen LogP contribution in [-0.4, -0.2) is 24.0 Å². The quantitative estimate of drug-likeness (QED) is 0.877. The predicted octanol–water partition coefficient (Wildman–Crippen LogP) is 2.16. The first-order valence-electron chi connectivity index (χ1n) is 6.66. The highest BCUT2D eigenvalue weighted by molar-refractivity contribution is 5.43. The van der Waals surface area contributed by atoms with Crippen LogP contribution >= 0.6 is 0 Å². The number of rotatable bonds is 6. The van der Waals surface area contributed by atoms with Gasteiger partial charge in [-0.2, -0.15) is 5.10 Å². The Morgan fingerprint density at radius 3 is 2.60 bits per heavy atom. The number of nitrogens with zero attached hydrogens (tertiary/aromatic N) is 2. The average Bonchev–Trinajstić information content (AvgIpc) is 2.96. The fraction of sp³-hybridized carbons (Fsp3) is 0.400. The van der Waals surface area contributed by atoms with Gasteiger partial charge in [-0.25, -0.2) is 0 Å². The molecule has 1 heterocycles. The molecule has 0 fully saturated rings. The molecule has 1 aromatic heterocycles. The van der Waals surface area contributed by atoms with Gasteiger partial charge in [0.15, 0.2) is 11.5 Å². The highest BCUT2D eigenvalue weighted by atomic mass is 16.5. The van der Waals surface area contributed by atoms with Crippen molar-refractivity contribution in [3.63, 3.8) is 0 Å². The van der Waals surface area contributed by atoms with Crippen LogP contribution in [0.15, 0.2) is 30.6 Å². The number of ether oxygens (including phenoxy) is 2. The fourth-order valence-electron chi connectivity index (χ4n) is 2.12. The largest absolute Gasteiger partial charge is 0.493 e. The topological polar surface area (TPSA) is 62.3 Å². The molecular formula is C15H21N3O2. The third-order valence-electron chi connectivity index (χ3n) is 3.31. The van der Waals surface area contributed by atoms with Crippen molar-refractivity contribution in [2.45, 2.75) is 25.9 Å². The van der Waals surface area contributed by atoms with Gasteiger partial charge in [-0.05, 0) is 31.0 Å². The molecule has 0 saturated heterocycles. The van der Waals surface area contributed by atoms with Crippen LogP contribution in [0.1, 0.15) is 24.1 Å². The summed E-state index contributed by atoms with van der Waals surface area (Å²) in [5, 5.41) is 4.25. The third-order valence-corrected chi connectivity index (χ3v) is 3.31. The van der Waals surface area contributed by atoms with Crippen molar-refractivity contribution in [1.29, 1.82) is 0 Å². The molecule has 0 aliphatic rings. The Labute approximate surface area is 119 Å². The van der Waals surface area contributed by atoms with Crippen LogP contribution in [0.5, 0.6) is 11.5 Å². The summed E-state index contributed by atoms with van der Waals surface area (Å²) in [5.74, 6) is 1.45. The lowest BCUT2D eigenvalue weighted by atomic mass is 10.0. The van der Waals surface area contributed by atoms with E-state index in [1.54, 1.807) is 14.2 Å². The first-order chi connectivity index (χ1) is 9.67. The summed E-state index contributed by atoms with van der Waals surface area (Å²) >= 11 is 0. The summed E-state index contributed by atoms with van der Waals surface area (Å²) in [6, 6.07) is 5.79. The number of aromatic nitrogens is 2. The van der Waals surface area contributed by atoms with E-state index in [0.717, 1.165) is 35.6 Å². The lowest BCUT2D eigenvalue weighted by Crippen LogP contribution is -2.12. The van der Waals surface area contributed by atoms with Crippen LogP contribution in [0.3, 0.4) is 0 Å². The van der Waals surface area contributed by atoms with Crippen molar-refractivity contribution in [3.8, 4) is 11.5 Å². The molecule has 2 aromatic rings. The molecule has 2 N–H and O–H groups in total. The van der Waals surface area contributed by atoms with Gasteiger partial charge in [0.2, 0.25) is 0 Å². The SMILES string of the molecule is CCn1cc(C(N)Cc2ccc(OC)c(OC)c2)cn1. The number of hydrogen-bond donors (Lipinski definition) is 1. The average molecular weight is 275 g/mol. The first kappa shape index (κ1) is 14.4. The molecule has 0 spiro atoms. The van der Waals surface area contributed by atoms with E-state index in [1.807, 2.05) is 35.3 Å². The van der Waals surface area contributed by atoms with Crippen molar-refractivity contribution in [2.24, 2.45) is 5.73 Å². The molecule has 0 radical (unpaired) electrons. The molecule has 0 amide bonds. The van der Waals surface area contributed by atoms with Crippen molar-refractivity contribution < 1.29 is 9.47 Å². The van der Waals surface area contributed by atoms with Crippen molar-refractivity contribution in [1.82, 2.24) is 9.78 Å². The molecule has 0 aliphatic carbocycles. The maximum Gasteiger partial charge on any atom is 0.160 e. The first-order valence-corrected chi connectivity index (χ1v) is 6.66. The Balaban J connectivity index is 2.12. The third kappa shape index (κ3) is 3.11. The smallest absolute Gasteiger partial charge is 0.160 e. The lowest BCUT2D eigenvalue weighted by Gasteiger charge is -2.12. The molecule has 0 saturated carbocycles. The van der Waals surface area contributed by atoms with E-state index < -0.39 is 0 Å². The zero-order valence-electron chi connectivity index (χ0n) is 12.2. The van der Waals surface area contributed by atoms with Gasteiger partial charge in [0.25, 0.3) is 0 Å². The normalized spacial score (nSPS) is 12.2. The van der Waals surface area contributed by atoms with Gasteiger partial charge in [0.1, 0.15) is 0 Å². The van der Waals surface area contributed by atoms with Crippen LogP contribution in [0.25, 0.3) is 0 Å². The molecule has 108 valence electrons. The molecule has 5 heteroatoms. The van der Waals surface area contributed by atoms with Crippen LogP contribution in [0, 0.1) is 0 Å². The van der Waals surface area contributed by atoms with Crippen LogP contribution in [-0.2, 0) is 13.0 Å². The van der Waals surface area contributed by atoms with Crippen LogP contribution in [0.4, 0.5) is 0 Å². The van der Waals surface area contributed by atoms with Crippen molar-refractivity contribution >= 4 is 0 Å². The second kappa shape index (κ2) is 6.43. The molecule has 20 heavy (non-hydrogen) atoms. The van der Waals surface area contributed by atoms with Gasteiger partial charge in [-0.3, -0.25) is 4.68 Å². The van der Waals surface area contributed by atoms with Crippen LogP contribution in [0.2, 0.25) is 0 Å². The van der Waals surface area contributed by atoms with E-state index in [0.29, 0.717) is 0 Å². The fourth-order valence-corrected chi connectivity index (χ4v) is 2.12. The minimum atomic E-state index is -0.0756. The van der Waals surface area contributed by atoms with E-state index in [-0.39, 0.29) is 6.04 Å². The molecule has 1 aromatic carbocycles. The number of aryl methyl sites for hydroxylation is 1. The number of methoxy groups -OCH3 is 2. The monoisotopic (exact) mass is 275 g/mol. The molecule has 1 unspecified atom stereocenters. The van der Waals surface area contributed by atoms with E-state index in [2.05, 4.69) is 12.0 Å². The number of benzene rings is 1. The van der Waals surface area contributed by atoms with Gasteiger partial charge >= 0.3 is 0 Å². The van der Waals surface area contributed by atoms with Gasteiger partial charge in [0, 0.05) is 24.3 Å². The second-order valence-corrected chi connectivity index (χ2v) is 4.63. The summed E-state index contributed by atoms with van der Waals surface area (Å²) in [5.41, 5.74) is 8.39. The predicted molar refractivity (Wildman–Crippen MR) is 78.1 cm³/mol. The molecule has 2 rings (SSSR count). The zero-order valence-corrected chi connectivity index (χ0v) is 12.2. The molecule has 0 aliphatic heterocycles. The standard InChI is InChI=1S/C15H21N3O2/c1-4-18-10-12(9-17-18)13(16)7-11-5-6-14(19-2)15(8-11)20-3/h5-6,8-10,13H,4,7,16H2,1-3H3. The molecule has 0 bridgehead atoms. The van der Waals surface area contributed by atoms with Crippen molar-refractivity contribution in [2.75, 3.05) is 14.2 Å². The maximum atomic E-state index is 6.23. The van der Waals surface area contributed by atoms with E-state index in [4.69, 9.17) is 15.2 Å². The summed E-state index contributed by atoms with van der Waals surface area (Å²) in [6.07, 6.45) is 4.55. The van der Waals surface area contributed by atoms with E-state index >= 15 is 0 Å². The highest BCUT2D eigenvalue weighted by Gasteiger charge is 2.11. The number of hydrogen-bond acceptors (Lipinski definition) is 4. The van der Waals surface area contributed by atoms with Crippen LogP contribution < -0.4 is 15.2 Å². The lowest BCUT2D eigenvalue weighted by molar-refractivity contribution is 0.354. The minimum absolute atomic E-state index is 0.0756. The summed E-state index contributed by atoms with van der Waals surface area (Å²) in [7, 11) is 3.26. The Morgan fingerprint density at radius 2 is 2.00 bits per heavy atom. The van der Waals surface area contributed by atoms with Crippen molar-refractivity contribution in [3.05, 3.63) is 41.7 Å². The molecule has 5 nitrogen and oxygen atoms in total.